The van der Waals surface area contributed by atoms with Crippen molar-refractivity contribution >= 4 is 0 Å². The molecule has 0 aromatic heterocycles. The number of rotatable bonds is 5. The Morgan fingerprint density at radius 2 is 2.13 bits per heavy atom. The van der Waals surface area contributed by atoms with Gasteiger partial charge in [0.15, 0.2) is 0 Å². The lowest BCUT2D eigenvalue weighted by molar-refractivity contribution is 0.111. The summed E-state index contributed by atoms with van der Waals surface area (Å²) in [6.07, 6.45) is 5.33. The smallest absolute Gasteiger partial charge is 0.00474 e. The van der Waals surface area contributed by atoms with Crippen LogP contribution in [0.4, 0.5) is 0 Å². The summed E-state index contributed by atoms with van der Waals surface area (Å²) in [7, 11) is 0. The zero-order valence-corrected chi connectivity index (χ0v) is 10.8. The van der Waals surface area contributed by atoms with Crippen molar-refractivity contribution in [1.29, 1.82) is 0 Å². The Labute approximate surface area is 95.2 Å². The van der Waals surface area contributed by atoms with Gasteiger partial charge in [0.05, 0.1) is 0 Å². The lowest BCUT2D eigenvalue weighted by Gasteiger charge is -2.38. The van der Waals surface area contributed by atoms with Crippen LogP contribution >= 0.6 is 0 Å². The Kier molecular flexibility index (Phi) is 5.07. The molecule has 0 bridgehead atoms. The topological polar surface area (TPSA) is 29.3 Å². The predicted octanol–water partition coefficient (Wildman–Crippen LogP) is 2.48. The van der Waals surface area contributed by atoms with E-state index in [1.807, 2.05) is 0 Å². The van der Waals surface area contributed by atoms with E-state index in [1.165, 1.54) is 45.3 Å². The summed E-state index contributed by atoms with van der Waals surface area (Å²) >= 11 is 0. The van der Waals surface area contributed by atoms with Crippen molar-refractivity contribution in [2.24, 2.45) is 17.1 Å². The fourth-order valence-electron chi connectivity index (χ4n) is 2.49. The molecule has 1 rings (SSSR count). The minimum Gasteiger partial charge on any atom is -0.330 e. The normalized spacial score (nSPS) is 27.6. The highest BCUT2D eigenvalue weighted by molar-refractivity contribution is 4.81. The van der Waals surface area contributed by atoms with Crippen molar-refractivity contribution in [2.75, 3.05) is 26.2 Å². The quantitative estimate of drug-likeness (QED) is 0.758. The molecule has 0 aliphatic carbocycles. The molecule has 2 unspecified atom stereocenters. The molecule has 2 atom stereocenters. The molecule has 2 heteroatoms. The predicted molar refractivity (Wildman–Crippen MR) is 66.9 cm³/mol. The van der Waals surface area contributed by atoms with Crippen LogP contribution < -0.4 is 5.73 Å². The Morgan fingerprint density at radius 1 is 1.40 bits per heavy atom. The van der Waals surface area contributed by atoms with Crippen molar-refractivity contribution in [3.8, 4) is 0 Å². The molecule has 1 saturated heterocycles. The van der Waals surface area contributed by atoms with Gasteiger partial charge in [-0.15, -0.1) is 0 Å². The molecule has 1 heterocycles. The summed E-state index contributed by atoms with van der Waals surface area (Å²) in [6.45, 7) is 11.5. The first-order chi connectivity index (χ1) is 7.13. The Balaban J connectivity index is 2.43. The third-order valence-electron chi connectivity index (χ3n) is 4.13. The van der Waals surface area contributed by atoms with Crippen LogP contribution in [0.2, 0.25) is 0 Å². The number of nitrogens with two attached hydrogens (primary N) is 1. The van der Waals surface area contributed by atoms with Crippen LogP contribution in [-0.2, 0) is 0 Å². The standard InChI is InChI=1S/C13H28N2/c1-4-12-7-6-8-15(9-12)11-13(3,5-2)10-14/h12H,4-11,14H2,1-3H3. The van der Waals surface area contributed by atoms with Crippen molar-refractivity contribution in [3.05, 3.63) is 0 Å². The van der Waals surface area contributed by atoms with Crippen molar-refractivity contribution in [3.63, 3.8) is 0 Å². The Bertz CT molecular complexity index is 175. The number of likely N-dealkylation sites (tertiary alicyclic amines) is 1. The van der Waals surface area contributed by atoms with E-state index in [2.05, 4.69) is 25.7 Å². The summed E-state index contributed by atoms with van der Waals surface area (Å²) in [4.78, 5) is 2.63. The second-order valence-electron chi connectivity index (χ2n) is 5.52. The molecule has 0 saturated carbocycles. The molecular formula is C13H28N2. The van der Waals surface area contributed by atoms with E-state index < -0.39 is 0 Å². The molecule has 0 radical (unpaired) electrons. The molecule has 2 nitrogen and oxygen atoms in total. The van der Waals surface area contributed by atoms with Crippen LogP contribution in [0.15, 0.2) is 0 Å². The first-order valence-corrected chi connectivity index (χ1v) is 6.56. The minimum atomic E-state index is 0.329. The SMILES string of the molecule is CCC1CCCN(CC(C)(CC)CN)C1. The third-order valence-corrected chi connectivity index (χ3v) is 4.13. The van der Waals surface area contributed by atoms with Gasteiger partial charge in [-0.1, -0.05) is 27.2 Å². The molecule has 0 aromatic carbocycles. The summed E-state index contributed by atoms with van der Waals surface area (Å²) in [5.41, 5.74) is 6.20. The highest BCUT2D eigenvalue weighted by Crippen LogP contribution is 2.25. The minimum absolute atomic E-state index is 0.329. The Morgan fingerprint density at radius 3 is 2.67 bits per heavy atom. The van der Waals surface area contributed by atoms with Gasteiger partial charge in [0.25, 0.3) is 0 Å². The van der Waals surface area contributed by atoms with Gasteiger partial charge in [0.1, 0.15) is 0 Å². The van der Waals surface area contributed by atoms with E-state index in [9.17, 15) is 0 Å². The molecule has 0 aromatic rings. The van der Waals surface area contributed by atoms with E-state index in [4.69, 9.17) is 5.73 Å². The van der Waals surface area contributed by atoms with Crippen LogP contribution in [0.1, 0.15) is 46.5 Å². The maximum atomic E-state index is 5.88. The molecular weight excluding hydrogens is 184 g/mol. The average Bonchev–Trinajstić information content (AvgIpc) is 2.29. The molecule has 0 amide bonds. The number of nitrogens with zero attached hydrogens (tertiary/aromatic N) is 1. The molecule has 90 valence electrons. The highest BCUT2D eigenvalue weighted by atomic mass is 15.1. The molecule has 15 heavy (non-hydrogen) atoms. The van der Waals surface area contributed by atoms with Crippen LogP contribution in [0, 0.1) is 11.3 Å². The maximum absolute atomic E-state index is 5.88. The van der Waals surface area contributed by atoms with Gasteiger partial charge in [0, 0.05) is 13.1 Å². The van der Waals surface area contributed by atoms with Gasteiger partial charge in [-0.05, 0) is 43.7 Å². The molecule has 1 aliphatic heterocycles. The van der Waals surface area contributed by atoms with E-state index in [0.717, 1.165) is 12.5 Å². The fourth-order valence-corrected chi connectivity index (χ4v) is 2.49. The first kappa shape index (κ1) is 13.0. The summed E-state index contributed by atoms with van der Waals surface area (Å²) in [5.74, 6) is 0.928. The molecule has 2 N–H and O–H groups in total. The summed E-state index contributed by atoms with van der Waals surface area (Å²) < 4.78 is 0. The second-order valence-corrected chi connectivity index (χ2v) is 5.52. The van der Waals surface area contributed by atoms with Gasteiger partial charge < -0.3 is 10.6 Å². The van der Waals surface area contributed by atoms with Crippen LogP contribution in [-0.4, -0.2) is 31.1 Å². The van der Waals surface area contributed by atoms with Crippen LogP contribution in [0.25, 0.3) is 0 Å². The third kappa shape index (κ3) is 3.76. The number of hydrogen-bond donors (Lipinski definition) is 1. The molecule has 1 aliphatic rings. The first-order valence-electron chi connectivity index (χ1n) is 6.56. The summed E-state index contributed by atoms with van der Waals surface area (Å²) in [6, 6.07) is 0. The van der Waals surface area contributed by atoms with Gasteiger partial charge in [0.2, 0.25) is 0 Å². The van der Waals surface area contributed by atoms with E-state index in [-0.39, 0.29) is 0 Å². The van der Waals surface area contributed by atoms with Crippen LogP contribution in [0.5, 0.6) is 0 Å². The second kappa shape index (κ2) is 5.86. The van der Waals surface area contributed by atoms with E-state index >= 15 is 0 Å². The zero-order chi connectivity index (χ0) is 11.3. The monoisotopic (exact) mass is 212 g/mol. The number of piperidine rings is 1. The zero-order valence-electron chi connectivity index (χ0n) is 10.8. The van der Waals surface area contributed by atoms with Crippen molar-refractivity contribution in [2.45, 2.75) is 46.5 Å². The van der Waals surface area contributed by atoms with Crippen molar-refractivity contribution in [1.82, 2.24) is 4.90 Å². The van der Waals surface area contributed by atoms with Gasteiger partial charge in [-0.2, -0.15) is 0 Å². The molecule has 1 fully saturated rings. The average molecular weight is 212 g/mol. The lowest BCUT2D eigenvalue weighted by Crippen LogP contribution is -2.44. The van der Waals surface area contributed by atoms with E-state index in [1.54, 1.807) is 0 Å². The van der Waals surface area contributed by atoms with Gasteiger partial charge >= 0.3 is 0 Å². The Hall–Kier alpha value is -0.0800. The highest BCUT2D eigenvalue weighted by Gasteiger charge is 2.26. The largest absolute Gasteiger partial charge is 0.330 e. The maximum Gasteiger partial charge on any atom is 0.00474 e. The molecule has 0 spiro atoms. The van der Waals surface area contributed by atoms with Crippen molar-refractivity contribution < 1.29 is 0 Å². The summed E-state index contributed by atoms with van der Waals surface area (Å²) in [5, 5.41) is 0. The number of hydrogen-bond acceptors (Lipinski definition) is 2. The van der Waals surface area contributed by atoms with E-state index in [0.29, 0.717) is 5.41 Å². The van der Waals surface area contributed by atoms with Crippen LogP contribution in [0.3, 0.4) is 0 Å². The fraction of sp³-hybridized carbons (Fsp3) is 1.00. The van der Waals surface area contributed by atoms with Gasteiger partial charge in [-0.3, -0.25) is 0 Å². The van der Waals surface area contributed by atoms with Gasteiger partial charge in [-0.25, -0.2) is 0 Å². The lowest BCUT2D eigenvalue weighted by atomic mass is 9.85.